The molecule has 0 fully saturated rings. The number of benzene rings is 1. The van der Waals surface area contributed by atoms with Crippen LogP contribution in [-0.2, 0) is 0 Å². The molecule has 29 heavy (non-hydrogen) atoms. The van der Waals surface area contributed by atoms with Gasteiger partial charge in [0.1, 0.15) is 17.3 Å². The molecule has 0 radical (unpaired) electrons. The standard InChI is InChI=1S/C22H16N4O2S/c1-13-9-10-17(29-13)18-15(12-23)21(24)28-22-19(18)20(16-8-5-11-27-16)25-26(22)14-6-3-2-4-7-14/h2-11,18H,24H2,1H3. The molecule has 142 valence electrons. The van der Waals surface area contributed by atoms with Crippen LogP contribution >= 0.6 is 11.3 Å². The van der Waals surface area contributed by atoms with E-state index in [4.69, 9.17) is 20.0 Å². The molecule has 0 saturated carbocycles. The van der Waals surface area contributed by atoms with Gasteiger partial charge in [-0.2, -0.15) is 15.0 Å². The molecule has 1 atom stereocenters. The van der Waals surface area contributed by atoms with Crippen molar-refractivity contribution in [3.05, 3.63) is 87.6 Å². The van der Waals surface area contributed by atoms with Crippen LogP contribution in [0.3, 0.4) is 0 Å². The van der Waals surface area contributed by atoms with Crippen molar-refractivity contribution in [3.63, 3.8) is 0 Å². The van der Waals surface area contributed by atoms with Gasteiger partial charge in [0.2, 0.25) is 11.8 Å². The molecule has 3 aromatic heterocycles. The van der Waals surface area contributed by atoms with E-state index in [-0.39, 0.29) is 11.8 Å². The van der Waals surface area contributed by atoms with E-state index in [0.29, 0.717) is 22.9 Å². The van der Waals surface area contributed by atoms with Crippen LogP contribution in [0, 0.1) is 18.3 Å². The van der Waals surface area contributed by atoms with E-state index in [1.165, 1.54) is 0 Å². The molecular weight excluding hydrogens is 384 g/mol. The average molecular weight is 400 g/mol. The molecule has 0 saturated heterocycles. The van der Waals surface area contributed by atoms with Gasteiger partial charge in [-0.05, 0) is 43.3 Å². The number of nitrogens with two attached hydrogens (primary N) is 1. The Morgan fingerprint density at radius 3 is 2.62 bits per heavy atom. The van der Waals surface area contributed by atoms with Gasteiger partial charge in [0.05, 0.1) is 23.4 Å². The molecule has 0 aliphatic carbocycles. The van der Waals surface area contributed by atoms with E-state index in [0.717, 1.165) is 21.0 Å². The number of hydrogen-bond donors (Lipinski definition) is 1. The van der Waals surface area contributed by atoms with E-state index in [9.17, 15) is 5.26 Å². The number of aryl methyl sites for hydroxylation is 1. The van der Waals surface area contributed by atoms with Gasteiger partial charge >= 0.3 is 0 Å². The fraction of sp³-hybridized carbons (Fsp3) is 0.0909. The number of aromatic nitrogens is 2. The zero-order chi connectivity index (χ0) is 20.0. The molecule has 0 amide bonds. The van der Waals surface area contributed by atoms with Crippen LogP contribution < -0.4 is 10.5 Å². The fourth-order valence-corrected chi connectivity index (χ4v) is 4.57. The molecular formula is C22H16N4O2S. The van der Waals surface area contributed by atoms with Crippen LogP contribution in [0.5, 0.6) is 5.88 Å². The monoisotopic (exact) mass is 400 g/mol. The third-order valence-corrected chi connectivity index (χ3v) is 5.91. The number of furan rings is 1. The van der Waals surface area contributed by atoms with Crippen molar-refractivity contribution in [2.45, 2.75) is 12.8 Å². The average Bonchev–Trinajstić information content (AvgIpc) is 3.47. The van der Waals surface area contributed by atoms with Crippen molar-refractivity contribution in [2.24, 2.45) is 5.73 Å². The number of hydrogen-bond acceptors (Lipinski definition) is 6. The van der Waals surface area contributed by atoms with Crippen molar-refractivity contribution in [1.29, 1.82) is 5.26 Å². The van der Waals surface area contributed by atoms with E-state index >= 15 is 0 Å². The predicted octanol–water partition coefficient (Wildman–Crippen LogP) is 4.72. The van der Waals surface area contributed by atoms with Gasteiger partial charge in [0.15, 0.2) is 5.76 Å². The summed E-state index contributed by atoms with van der Waals surface area (Å²) in [5, 5.41) is 14.7. The molecule has 4 aromatic rings. The highest BCUT2D eigenvalue weighted by atomic mass is 32.1. The first-order chi connectivity index (χ1) is 14.2. The van der Waals surface area contributed by atoms with E-state index in [2.05, 4.69) is 6.07 Å². The second-order valence-electron chi connectivity index (χ2n) is 6.67. The number of rotatable bonds is 3. The van der Waals surface area contributed by atoms with Crippen molar-refractivity contribution in [3.8, 4) is 29.1 Å². The van der Waals surface area contributed by atoms with Crippen LogP contribution in [0.1, 0.15) is 21.2 Å². The lowest BCUT2D eigenvalue weighted by Crippen LogP contribution is -2.21. The van der Waals surface area contributed by atoms with Gasteiger partial charge in [-0.25, -0.2) is 0 Å². The lowest BCUT2D eigenvalue weighted by Gasteiger charge is -2.23. The number of para-hydroxylation sites is 1. The summed E-state index contributed by atoms with van der Waals surface area (Å²) in [6.45, 7) is 2.04. The third-order valence-electron chi connectivity index (χ3n) is 4.85. The van der Waals surface area contributed by atoms with Crippen LogP contribution in [-0.4, -0.2) is 9.78 Å². The van der Waals surface area contributed by atoms with Crippen LogP contribution in [0.4, 0.5) is 0 Å². The largest absolute Gasteiger partial charge is 0.463 e. The lowest BCUT2D eigenvalue weighted by atomic mass is 9.88. The molecule has 0 bridgehead atoms. The highest BCUT2D eigenvalue weighted by molar-refractivity contribution is 7.12. The van der Waals surface area contributed by atoms with Gasteiger partial charge in [-0.1, -0.05) is 18.2 Å². The van der Waals surface area contributed by atoms with E-state index in [1.807, 2.05) is 61.5 Å². The summed E-state index contributed by atoms with van der Waals surface area (Å²) in [7, 11) is 0. The third kappa shape index (κ3) is 2.73. The summed E-state index contributed by atoms with van der Waals surface area (Å²) in [6.07, 6.45) is 1.60. The maximum Gasteiger partial charge on any atom is 0.229 e. The van der Waals surface area contributed by atoms with E-state index < -0.39 is 0 Å². The highest BCUT2D eigenvalue weighted by Crippen LogP contribution is 2.48. The topological polar surface area (TPSA) is 90.0 Å². The lowest BCUT2D eigenvalue weighted by molar-refractivity contribution is 0.367. The minimum Gasteiger partial charge on any atom is -0.463 e. The molecule has 1 aliphatic rings. The van der Waals surface area contributed by atoms with Crippen molar-refractivity contribution >= 4 is 11.3 Å². The number of nitrogens with zero attached hydrogens (tertiary/aromatic N) is 3. The van der Waals surface area contributed by atoms with Gasteiger partial charge in [-0.15, -0.1) is 11.3 Å². The zero-order valence-corrected chi connectivity index (χ0v) is 16.3. The van der Waals surface area contributed by atoms with Gasteiger partial charge in [0.25, 0.3) is 0 Å². The quantitative estimate of drug-likeness (QED) is 0.537. The first-order valence-electron chi connectivity index (χ1n) is 9.03. The molecule has 0 spiro atoms. The summed E-state index contributed by atoms with van der Waals surface area (Å²) >= 11 is 1.63. The van der Waals surface area contributed by atoms with Gasteiger partial charge in [0, 0.05) is 9.75 Å². The minimum absolute atomic E-state index is 0.0964. The maximum atomic E-state index is 9.86. The van der Waals surface area contributed by atoms with Gasteiger partial charge < -0.3 is 14.9 Å². The predicted molar refractivity (Wildman–Crippen MR) is 110 cm³/mol. The number of allylic oxidation sites excluding steroid dienone is 1. The van der Waals surface area contributed by atoms with Crippen LogP contribution in [0.25, 0.3) is 17.1 Å². The number of ether oxygens (including phenoxy) is 1. The zero-order valence-electron chi connectivity index (χ0n) is 15.5. The van der Waals surface area contributed by atoms with E-state index in [1.54, 1.807) is 22.3 Å². The Balaban J connectivity index is 1.83. The van der Waals surface area contributed by atoms with Crippen LogP contribution in [0.15, 0.2) is 76.7 Å². The molecule has 1 aliphatic heterocycles. The first kappa shape index (κ1) is 17.3. The molecule has 4 heterocycles. The number of fused-ring (bicyclic) bond motifs is 1. The summed E-state index contributed by atoms with van der Waals surface area (Å²) in [4.78, 5) is 2.16. The Hall–Kier alpha value is -3.76. The molecule has 7 heteroatoms. The summed E-state index contributed by atoms with van der Waals surface area (Å²) < 4.78 is 13.3. The molecule has 1 aromatic carbocycles. The summed E-state index contributed by atoms with van der Waals surface area (Å²) in [6, 6.07) is 19.6. The normalized spacial score (nSPS) is 15.7. The Labute approximate surface area is 171 Å². The molecule has 6 nitrogen and oxygen atoms in total. The Kier molecular flexibility index (Phi) is 4.00. The van der Waals surface area contributed by atoms with Crippen molar-refractivity contribution < 1.29 is 9.15 Å². The smallest absolute Gasteiger partial charge is 0.229 e. The molecule has 5 rings (SSSR count). The Bertz CT molecular complexity index is 1260. The van der Waals surface area contributed by atoms with Crippen molar-refractivity contribution in [2.75, 3.05) is 0 Å². The Morgan fingerprint density at radius 1 is 1.14 bits per heavy atom. The first-order valence-corrected chi connectivity index (χ1v) is 9.85. The highest BCUT2D eigenvalue weighted by Gasteiger charge is 2.38. The Morgan fingerprint density at radius 2 is 1.97 bits per heavy atom. The van der Waals surface area contributed by atoms with Crippen molar-refractivity contribution in [1.82, 2.24) is 9.78 Å². The molecule has 2 N–H and O–H groups in total. The minimum atomic E-state index is -0.375. The maximum absolute atomic E-state index is 9.86. The van der Waals surface area contributed by atoms with Gasteiger partial charge in [-0.3, -0.25) is 0 Å². The fourth-order valence-electron chi connectivity index (χ4n) is 3.57. The second kappa shape index (κ2) is 6.69. The second-order valence-corrected chi connectivity index (χ2v) is 7.98. The SMILES string of the molecule is Cc1ccc(C2C(C#N)=C(N)Oc3c2c(-c2ccco2)nn3-c2ccccc2)s1. The summed E-state index contributed by atoms with van der Waals surface area (Å²) in [5.74, 6) is 0.824. The summed E-state index contributed by atoms with van der Waals surface area (Å²) in [5.41, 5.74) is 8.80. The van der Waals surface area contributed by atoms with Crippen LogP contribution in [0.2, 0.25) is 0 Å². The number of thiophene rings is 1. The molecule has 1 unspecified atom stereocenters. The number of nitriles is 1.